The van der Waals surface area contributed by atoms with Crippen molar-refractivity contribution in [1.29, 1.82) is 0 Å². The summed E-state index contributed by atoms with van der Waals surface area (Å²) in [6, 6.07) is 4.97. The molecule has 1 aliphatic rings. The summed E-state index contributed by atoms with van der Waals surface area (Å²) in [6.07, 6.45) is -11.9. The fourth-order valence-electron chi connectivity index (χ4n) is 3.71. The van der Waals surface area contributed by atoms with E-state index in [0.29, 0.717) is 0 Å². The van der Waals surface area contributed by atoms with Gasteiger partial charge in [-0.1, -0.05) is 29.3 Å². The lowest BCUT2D eigenvalue weighted by Crippen LogP contribution is -2.60. The van der Waals surface area contributed by atoms with Gasteiger partial charge in [-0.05, 0) is 23.8 Å². The van der Waals surface area contributed by atoms with Crippen LogP contribution in [0.1, 0.15) is 17.9 Å². The number of ether oxygens (including phenoxy) is 1. The van der Waals surface area contributed by atoms with Crippen LogP contribution in [0.4, 0.5) is 19.0 Å². The van der Waals surface area contributed by atoms with Crippen molar-refractivity contribution in [3.05, 3.63) is 52.4 Å². The first-order valence-corrected chi connectivity index (χ1v) is 9.73. The van der Waals surface area contributed by atoms with Gasteiger partial charge < -0.3 is 24.6 Å². The highest BCUT2D eigenvalue weighted by Gasteiger charge is 2.72. The minimum Gasteiger partial charge on any atom is -0.386 e. The molecule has 3 aromatic rings. The summed E-state index contributed by atoms with van der Waals surface area (Å²) in [6.45, 7) is 0. The van der Waals surface area contributed by atoms with Crippen molar-refractivity contribution in [2.24, 2.45) is 0 Å². The Balaban J connectivity index is 1.80. The number of fused-ring (bicyclic) bond motifs is 1. The molecule has 5 atom stereocenters. The second kappa shape index (κ2) is 7.99. The zero-order valence-electron chi connectivity index (χ0n) is 15.7. The molecule has 1 fully saturated rings. The topological polar surface area (TPSA) is 133 Å². The molecule has 0 spiro atoms. The Bertz CT molecular complexity index is 1160. The molecule has 5 N–H and O–H groups in total. The van der Waals surface area contributed by atoms with E-state index in [4.69, 9.17) is 33.1 Å². The number of rotatable bonds is 4. The van der Waals surface area contributed by atoms with Crippen LogP contribution in [0.3, 0.4) is 0 Å². The SMILES string of the molecule is ONc1ncnc2c1ccn2[C@@H]1O[C@H]([C@H](O)c2ccc(Cl)c(Cl)c2)[C@](O)(C(F)(F)F)[C@H]1O. The Morgan fingerprint density at radius 2 is 1.91 bits per heavy atom. The second-order valence-electron chi connectivity index (χ2n) is 7.13. The maximum Gasteiger partial charge on any atom is 0.422 e. The third-order valence-corrected chi connectivity index (χ3v) is 6.10. The molecule has 0 aliphatic carbocycles. The van der Waals surface area contributed by atoms with Crippen molar-refractivity contribution in [2.75, 3.05) is 5.48 Å². The number of aliphatic hydroxyl groups is 3. The Morgan fingerprint density at radius 3 is 2.53 bits per heavy atom. The molecule has 32 heavy (non-hydrogen) atoms. The normalized spacial score (nSPS) is 27.1. The Morgan fingerprint density at radius 1 is 1.19 bits per heavy atom. The van der Waals surface area contributed by atoms with Crippen LogP contribution in [0, 0.1) is 0 Å². The molecule has 1 saturated heterocycles. The summed E-state index contributed by atoms with van der Waals surface area (Å²) < 4.78 is 48.4. The summed E-state index contributed by atoms with van der Waals surface area (Å²) in [5.41, 5.74) is -2.16. The minimum absolute atomic E-state index is 0.00481. The van der Waals surface area contributed by atoms with E-state index >= 15 is 0 Å². The summed E-state index contributed by atoms with van der Waals surface area (Å²) in [5.74, 6) is -0.0419. The molecule has 1 aromatic carbocycles. The van der Waals surface area contributed by atoms with E-state index in [-0.39, 0.29) is 32.5 Å². The highest BCUT2D eigenvalue weighted by atomic mass is 35.5. The third-order valence-electron chi connectivity index (χ3n) is 5.36. The van der Waals surface area contributed by atoms with Gasteiger partial charge in [0.05, 0.1) is 15.4 Å². The molecule has 0 amide bonds. The summed E-state index contributed by atoms with van der Waals surface area (Å²) in [7, 11) is 0. The molecular weight excluding hydrogens is 480 g/mol. The smallest absolute Gasteiger partial charge is 0.386 e. The van der Waals surface area contributed by atoms with Crippen LogP contribution in [0.5, 0.6) is 0 Å². The number of nitrogens with zero attached hydrogens (tertiary/aromatic N) is 3. The molecule has 172 valence electrons. The van der Waals surface area contributed by atoms with E-state index in [2.05, 4.69) is 9.97 Å². The summed E-state index contributed by atoms with van der Waals surface area (Å²) in [4.78, 5) is 7.71. The lowest BCUT2D eigenvalue weighted by atomic mass is 9.86. The second-order valence-corrected chi connectivity index (χ2v) is 7.94. The van der Waals surface area contributed by atoms with Gasteiger partial charge in [-0.3, -0.25) is 10.7 Å². The maximum absolute atomic E-state index is 14.0. The maximum atomic E-state index is 14.0. The van der Waals surface area contributed by atoms with Crippen LogP contribution in [0.15, 0.2) is 36.8 Å². The quantitative estimate of drug-likeness (QED) is 0.349. The number of anilines is 1. The zero-order chi connectivity index (χ0) is 23.4. The van der Waals surface area contributed by atoms with Crippen molar-refractivity contribution >= 4 is 40.1 Å². The predicted molar refractivity (Wildman–Crippen MR) is 105 cm³/mol. The van der Waals surface area contributed by atoms with Crippen molar-refractivity contribution in [2.45, 2.75) is 36.3 Å². The van der Waals surface area contributed by atoms with Crippen molar-refractivity contribution in [3.8, 4) is 0 Å². The first-order chi connectivity index (χ1) is 15.0. The van der Waals surface area contributed by atoms with Crippen LogP contribution in [0.2, 0.25) is 10.0 Å². The molecule has 14 heteroatoms. The molecule has 0 unspecified atom stereocenters. The monoisotopic (exact) mass is 494 g/mol. The summed E-state index contributed by atoms with van der Waals surface area (Å²) >= 11 is 11.7. The van der Waals surface area contributed by atoms with Gasteiger partial charge in [0.1, 0.15) is 30.3 Å². The Labute approximate surface area is 187 Å². The van der Waals surface area contributed by atoms with Crippen LogP contribution < -0.4 is 5.48 Å². The molecular formula is C18H15Cl2F3N4O5. The van der Waals surface area contributed by atoms with E-state index in [1.54, 1.807) is 0 Å². The zero-order valence-corrected chi connectivity index (χ0v) is 17.2. The lowest BCUT2D eigenvalue weighted by Gasteiger charge is -2.35. The standard InChI is InChI=1S/C18H15Cl2F3N4O5/c19-9-2-1-7(5-10(9)20)11(28)13-17(30,18(21,22)23)12(29)16(32-13)27-4-3-8-14(26-31)24-6-25-15(8)27/h1-6,11-13,16,28-31H,(H,24,25,26)/t11-,12+,13-,16-,17+/m1/s1. The Kier molecular flexibility index (Phi) is 5.74. The number of hydrogen-bond acceptors (Lipinski definition) is 8. The highest BCUT2D eigenvalue weighted by Crippen LogP contribution is 2.51. The van der Waals surface area contributed by atoms with Crippen LogP contribution >= 0.6 is 23.2 Å². The molecule has 0 bridgehead atoms. The number of aliphatic hydroxyl groups excluding tert-OH is 2. The predicted octanol–water partition coefficient (Wildman–Crippen LogP) is 2.82. The van der Waals surface area contributed by atoms with Crippen LogP contribution in [-0.2, 0) is 4.74 Å². The van der Waals surface area contributed by atoms with Gasteiger partial charge >= 0.3 is 6.18 Å². The van der Waals surface area contributed by atoms with Crippen LogP contribution in [0.25, 0.3) is 11.0 Å². The summed E-state index contributed by atoms with van der Waals surface area (Å²) in [5, 5.41) is 41.3. The highest BCUT2D eigenvalue weighted by molar-refractivity contribution is 6.42. The molecule has 4 rings (SSSR count). The molecule has 9 nitrogen and oxygen atoms in total. The molecule has 3 heterocycles. The molecule has 0 radical (unpaired) electrons. The van der Waals surface area contributed by atoms with E-state index in [0.717, 1.165) is 17.0 Å². The number of halogens is 5. The van der Waals surface area contributed by atoms with E-state index < -0.39 is 36.3 Å². The number of benzene rings is 1. The van der Waals surface area contributed by atoms with Crippen molar-refractivity contribution in [1.82, 2.24) is 14.5 Å². The van der Waals surface area contributed by atoms with E-state index in [1.165, 1.54) is 24.4 Å². The van der Waals surface area contributed by atoms with Gasteiger partial charge in [0.25, 0.3) is 0 Å². The number of hydrogen-bond donors (Lipinski definition) is 5. The first kappa shape index (κ1) is 23.0. The first-order valence-electron chi connectivity index (χ1n) is 8.98. The van der Waals surface area contributed by atoms with Gasteiger partial charge in [0.15, 0.2) is 12.0 Å². The van der Waals surface area contributed by atoms with Crippen LogP contribution in [-0.4, -0.2) is 59.0 Å². The fraction of sp³-hybridized carbons (Fsp3) is 0.333. The lowest BCUT2D eigenvalue weighted by molar-refractivity contribution is -0.302. The Hall–Kier alpha value is -2.19. The van der Waals surface area contributed by atoms with Gasteiger partial charge in [-0.15, -0.1) is 0 Å². The van der Waals surface area contributed by atoms with Crippen molar-refractivity contribution < 1.29 is 38.4 Å². The molecule has 2 aromatic heterocycles. The van der Waals surface area contributed by atoms with E-state index in [1.807, 2.05) is 5.48 Å². The van der Waals surface area contributed by atoms with E-state index in [9.17, 15) is 28.5 Å². The molecule has 0 saturated carbocycles. The average molecular weight is 495 g/mol. The number of aromatic nitrogens is 3. The third kappa shape index (κ3) is 3.39. The van der Waals surface area contributed by atoms with Gasteiger partial charge in [-0.25, -0.2) is 9.97 Å². The van der Waals surface area contributed by atoms with Gasteiger partial charge in [-0.2, -0.15) is 13.2 Å². The van der Waals surface area contributed by atoms with Gasteiger partial charge in [0.2, 0.25) is 5.60 Å². The van der Waals surface area contributed by atoms with Gasteiger partial charge in [0, 0.05) is 6.20 Å². The molecule has 1 aliphatic heterocycles. The van der Waals surface area contributed by atoms with Crippen molar-refractivity contribution in [3.63, 3.8) is 0 Å². The minimum atomic E-state index is -5.39. The number of alkyl halides is 3. The average Bonchev–Trinajstić information content (AvgIpc) is 3.29. The number of nitrogens with one attached hydrogen (secondary N) is 1. The largest absolute Gasteiger partial charge is 0.422 e. The fourth-order valence-corrected chi connectivity index (χ4v) is 4.02.